The monoisotopic (exact) mass is 865 g/mol. The van der Waals surface area contributed by atoms with Gasteiger partial charge >= 0.3 is 17.9 Å². The van der Waals surface area contributed by atoms with E-state index in [1.54, 1.807) is 0 Å². The molecule has 356 valence electrons. The summed E-state index contributed by atoms with van der Waals surface area (Å²) in [6, 6.07) is 0. The van der Waals surface area contributed by atoms with Crippen LogP contribution in [-0.2, 0) is 28.6 Å². The molecule has 0 aliphatic carbocycles. The van der Waals surface area contributed by atoms with Crippen molar-refractivity contribution in [2.75, 3.05) is 13.2 Å². The molecule has 0 spiro atoms. The lowest BCUT2D eigenvalue weighted by Crippen LogP contribution is -2.30. The first-order valence-electron chi connectivity index (χ1n) is 25.9. The normalized spacial score (nSPS) is 12.6. The highest BCUT2D eigenvalue weighted by Crippen LogP contribution is 2.14. The summed E-state index contributed by atoms with van der Waals surface area (Å²) in [7, 11) is 0. The average molecular weight is 865 g/mol. The highest BCUT2D eigenvalue weighted by atomic mass is 16.6. The summed E-state index contributed by atoms with van der Waals surface area (Å²) in [6.45, 7) is 6.44. The van der Waals surface area contributed by atoms with E-state index in [0.717, 1.165) is 83.5 Å². The lowest BCUT2D eigenvalue weighted by Gasteiger charge is -2.18. The van der Waals surface area contributed by atoms with Crippen LogP contribution >= 0.6 is 0 Å². The van der Waals surface area contributed by atoms with Crippen LogP contribution in [0.1, 0.15) is 245 Å². The third-order valence-corrected chi connectivity index (χ3v) is 10.9. The number of unbranched alkanes of at least 4 members (excludes halogenated alkanes) is 23. The van der Waals surface area contributed by atoms with Crippen LogP contribution in [0.5, 0.6) is 0 Å². The smallest absolute Gasteiger partial charge is 0.306 e. The van der Waals surface area contributed by atoms with E-state index in [4.69, 9.17) is 14.2 Å². The molecule has 0 fully saturated rings. The number of hydrogen-bond acceptors (Lipinski definition) is 6. The van der Waals surface area contributed by atoms with E-state index in [9.17, 15) is 14.4 Å². The number of rotatable bonds is 46. The van der Waals surface area contributed by atoms with Gasteiger partial charge in [0, 0.05) is 19.3 Å². The minimum Gasteiger partial charge on any atom is -0.462 e. The van der Waals surface area contributed by atoms with E-state index in [2.05, 4.69) is 93.7 Å². The van der Waals surface area contributed by atoms with Crippen LogP contribution < -0.4 is 0 Å². The van der Waals surface area contributed by atoms with Crippen molar-refractivity contribution in [2.45, 2.75) is 252 Å². The van der Waals surface area contributed by atoms with Gasteiger partial charge in [-0.05, 0) is 89.9 Å². The third-order valence-electron chi connectivity index (χ3n) is 10.9. The topological polar surface area (TPSA) is 78.9 Å². The second-order valence-corrected chi connectivity index (χ2v) is 17.1. The van der Waals surface area contributed by atoms with Crippen molar-refractivity contribution >= 4 is 17.9 Å². The number of allylic oxidation sites excluding steroid dienone is 12. The Balaban J connectivity index is 4.32. The van der Waals surface area contributed by atoms with Crippen LogP contribution in [-0.4, -0.2) is 37.2 Å². The Morgan fingerprint density at radius 2 is 0.629 bits per heavy atom. The lowest BCUT2D eigenvalue weighted by molar-refractivity contribution is -0.167. The minimum atomic E-state index is -0.795. The molecule has 0 N–H and O–H groups in total. The number of ether oxygens (including phenoxy) is 3. The summed E-state index contributed by atoms with van der Waals surface area (Å²) < 4.78 is 16.7. The first-order chi connectivity index (χ1) is 30.5. The molecule has 0 aromatic carbocycles. The van der Waals surface area contributed by atoms with Gasteiger partial charge < -0.3 is 14.2 Å². The Bertz CT molecular complexity index is 1180. The molecule has 6 heteroatoms. The van der Waals surface area contributed by atoms with Gasteiger partial charge in [0.05, 0.1) is 0 Å². The maximum Gasteiger partial charge on any atom is 0.306 e. The number of carbonyl (C=O) groups is 3. The zero-order valence-corrected chi connectivity index (χ0v) is 40.6. The maximum absolute atomic E-state index is 12.7. The van der Waals surface area contributed by atoms with Gasteiger partial charge in [-0.25, -0.2) is 0 Å². The predicted molar refractivity (Wildman–Crippen MR) is 265 cm³/mol. The Morgan fingerprint density at radius 1 is 0.339 bits per heavy atom. The molecule has 0 bridgehead atoms. The van der Waals surface area contributed by atoms with Crippen LogP contribution in [0, 0.1) is 0 Å². The summed E-state index contributed by atoms with van der Waals surface area (Å²) in [5.41, 5.74) is 0. The van der Waals surface area contributed by atoms with Crippen LogP contribution in [0.25, 0.3) is 0 Å². The van der Waals surface area contributed by atoms with Crippen LogP contribution in [0.4, 0.5) is 0 Å². The molecule has 0 heterocycles. The van der Waals surface area contributed by atoms with Gasteiger partial charge in [-0.1, -0.05) is 209 Å². The average Bonchev–Trinajstić information content (AvgIpc) is 3.27. The quantitative estimate of drug-likeness (QED) is 0.0262. The molecule has 0 saturated carbocycles. The van der Waals surface area contributed by atoms with Crippen molar-refractivity contribution in [2.24, 2.45) is 0 Å². The summed E-state index contributed by atoms with van der Waals surface area (Å²) >= 11 is 0. The van der Waals surface area contributed by atoms with E-state index in [1.807, 2.05) is 0 Å². The second-order valence-electron chi connectivity index (χ2n) is 17.1. The highest BCUT2D eigenvalue weighted by Gasteiger charge is 2.19. The Kier molecular flexibility index (Phi) is 47.9. The fourth-order valence-corrected chi connectivity index (χ4v) is 7.05. The third kappa shape index (κ3) is 47.9. The summed E-state index contributed by atoms with van der Waals surface area (Å²) in [6.07, 6.45) is 63.3. The van der Waals surface area contributed by atoms with E-state index < -0.39 is 6.10 Å². The molecule has 0 aromatic rings. The molecule has 0 radical (unpaired) electrons. The molecule has 6 nitrogen and oxygen atoms in total. The lowest BCUT2D eigenvalue weighted by atomic mass is 10.1. The van der Waals surface area contributed by atoms with Gasteiger partial charge in [0.1, 0.15) is 13.2 Å². The fraction of sp³-hybridized carbons (Fsp3) is 0.732. The first-order valence-corrected chi connectivity index (χ1v) is 25.9. The van der Waals surface area contributed by atoms with Crippen molar-refractivity contribution in [3.8, 4) is 0 Å². The Hall–Kier alpha value is -3.15. The molecule has 0 rings (SSSR count). The standard InChI is InChI=1S/C56H96O6/c1-4-7-10-13-16-19-21-23-25-26-27-28-29-30-32-33-35-37-40-43-46-49-55(58)61-52-53(51-60-54(57)48-45-42-39-18-15-12-9-6-3)62-56(59)50-47-44-41-38-36-34-31-24-22-20-17-14-11-8-5-2/h8,11,17,20-21,23-24,26-27,31,36,38,53H,4-7,9-10,12-16,18-19,22,25,28-30,32-35,37,39-52H2,1-3H3/b11-8-,20-17-,23-21-,27-26-,31-24-,38-36-. The summed E-state index contributed by atoms with van der Waals surface area (Å²) in [4.78, 5) is 37.8. The van der Waals surface area contributed by atoms with Crippen molar-refractivity contribution in [1.82, 2.24) is 0 Å². The molecular formula is C56H96O6. The number of hydrogen-bond donors (Lipinski definition) is 0. The largest absolute Gasteiger partial charge is 0.462 e. The Morgan fingerprint density at radius 3 is 1.02 bits per heavy atom. The van der Waals surface area contributed by atoms with Gasteiger partial charge in [-0.2, -0.15) is 0 Å². The predicted octanol–water partition coefficient (Wildman–Crippen LogP) is 17.0. The first kappa shape index (κ1) is 58.9. The van der Waals surface area contributed by atoms with E-state index in [1.165, 1.54) is 116 Å². The molecule has 1 atom stereocenters. The van der Waals surface area contributed by atoms with Gasteiger partial charge in [0.2, 0.25) is 0 Å². The van der Waals surface area contributed by atoms with Crippen LogP contribution in [0.3, 0.4) is 0 Å². The fourth-order valence-electron chi connectivity index (χ4n) is 7.05. The zero-order chi connectivity index (χ0) is 45.1. The molecule has 0 aliphatic rings. The molecule has 0 aliphatic heterocycles. The molecule has 0 amide bonds. The zero-order valence-electron chi connectivity index (χ0n) is 40.6. The SMILES string of the molecule is CC/C=C\C/C=C\C/C=C\C/C=C\CCCCC(=O)OC(COC(=O)CCCCCCCCCC)COC(=O)CCCCCCCCCCC/C=C\C/C=C\CCCCCCC. The highest BCUT2D eigenvalue weighted by molar-refractivity contribution is 5.71. The van der Waals surface area contributed by atoms with Gasteiger partial charge in [-0.15, -0.1) is 0 Å². The molecule has 1 unspecified atom stereocenters. The van der Waals surface area contributed by atoms with E-state index >= 15 is 0 Å². The Labute approximate surface area is 382 Å². The number of carbonyl (C=O) groups excluding carboxylic acids is 3. The van der Waals surface area contributed by atoms with Crippen LogP contribution in [0.2, 0.25) is 0 Å². The van der Waals surface area contributed by atoms with Crippen molar-refractivity contribution in [3.63, 3.8) is 0 Å². The minimum absolute atomic E-state index is 0.0928. The molecular weight excluding hydrogens is 769 g/mol. The maximum atomic E-state index is 12.7. The number of esters is 3. The summed E-state index contributed by atoms with van der Waals surface area (Å²) in [5, 5.41) is 0. The van der Waals surface area contributed by atoms with Crippen LogP contribution in [0.15, 0.2) is 72.9 Å². The van der Waals surface area contributed by atoms with Crippen molar-refractivity contribution in [3.05, 3.63) is 72.9 Å². The van der Waals surface area contributed by atoms with Crippen molar-refractivity contribution in [1.29, 1.82) is 0 Å². The summed E-state index contributed by atoms with van der Waals surface area (Å²) in [5.74, 6) is -0.942. The van der Waals surface area contributed by atoms with E-state index in [-0.39, 0.29) is 37.5 Å². The van der Waals surface area contributed by atoms with Gasteiger partial charge in [0.15, 0.2) is 6.10 Å². The van der Waals surface area contributed by atoms with E-state index in [0.29, 0.717) is 19.3 Å². The van der Waals surface area contributed by atoms with Gasteiger partial charge in [0.25, 0.3) is 0 Å². The molecule has 62 heavy (non-hydrogen) atoms. The van der Waals surface area contributed by atoms with Crippen molar-refractivity contribution < 1.29 is 28.6 Å². The molecule has 0 aromatic heterocycles. The van der Waals surface area contributed by atoms with Gasteiger partial charge in [-0.3, -0.25) is 14.4 Å². The second kappa shape index (κ2) is 50.5. The molecule has 0 saturated heterocycles.